The minimum atomic E-state index is -0.521. The highest BCUT2D eigenvalue weighted by Crippen LogP contribution is 2.29. The quantitative estimate of drug-likeness (QED) is 0.521. The molecule has 4 rings (SSSR count). The Bertz CT molecular complexity index is 1150. The molecule has 0 unspecified atom stereocenters. The second kappa shape index (κ2) is 7.08. The molecule has 0 fully saturated rings. The number of halogens is 1. The molecule has 7 nitrogen and oxygen atoms in total. The van der Waals surface area contributed by atoms with Gasteiger partial charge in [0.25, 0.3) is 5.91 Å². The van der Waals surface area contributed by atoms with Crippen molar-refractivity contribution in [2.24, 2.45) is 5.73 Å². The van der Waals surface area contributed by atoms with Crippen LogP contribution in [0.2, 0.25) is 0 Å². The van der Waals surface area contributed by atoms with E-state index in [9.17, 15) is 4.79 Å². The zero-order valence-electron chi connectivity index (χ0n) is 13.9. The Morgan fingerprint density at radius 3 is 2.70 bits per heavy atom. The number of primary amides is 1. The number of hydrogen-bond donors (Lipinski definition) is 2. The Balaban J connectivity index is 1.91. The molecule has 2 heterocycles. The first-order valence-corrected chi connectivity index (χ1v) is 8.80. The Morgan fingerprint density at radius 1 is 1.07 bits per heavy atom. The van der Waals surface area contributed by atoms with Crippen LogP contribution < -0.4 is 11.1 Å². The number of rotatable bonds is 4. The van der Waals surface area contributed by atoms with Gasteiger partial charge in [-0.25, -0.2) is 15.0 Å². The normalized spacial score (nSPS) is 10.7. The van der Waals surface area contributed by atoms with E-state index in [1.54, 1.807) is 36.8 Å². The molecular formula is C19H13BrN6O. The number of para-hydroxylation sites is 1. The van der Waals surface area contributed by atoms with Crippen LogP contribution in [0, 0.1) is 0 Å². The van der Waals surface area contributed by atoms with Crippen LogP contribution in [0.5, 0.6) is 0 Å². The largest absolute Gasteiger partial charge is 0.366 e. The average molecular weight is 421 g/mol. The van der Waals surface area contributed by atoms with Gasteiger partial charge in [0.15, 0.2) is 5.82 Å². The first-order chi connectivity index (χ1) is 13.1. The highest BCUT2D eigenvalue weighted by molar-refractivity contribution is 9.10. The van der Waals surface area contributed by atoms with Gasteiger partial charge in [-0.1, -0.05) is 28.1 Å². The van der Waals surface area contributed by atoms with Gasteiger partial charge >= 0.3 is 0 Å². The molecular weight excluding hydrogens is 408 g/mol. The Kier molecular flexibility index (Phi) is 4.47. The Morgan fingerprint density at radius 2 is 1.93 bits per heavy atom. The minimum absolute atomic E-state index is 0.375. The number of amides is 1. The number of nitrogens with two attached hydrogens (primary N) is 1. The highest BCUT2D eigenvalue weighted by atomic mass is 79.9. The summed E-state index contributed by atoms with van der Waals surface area (Å²) in [5.41, 5.74) is 7.71. The molecule has 1 amide bonds. The van der Waals surface area contributed by atoms with Gasteiger partial charge in [0, 0.05) is 22.3 Å². The molecule has 27 heavy (non-hydrogen) atoms. The summed E-state index contributed by atoms with van der Waals surface area (Å²) in [5.74, 6) is 0.444. The predicted octanol–water partition coefficient (Wildman–Crippen LogP) is 3.69. The lowest BCUT2D eigenvalue weighted by Gasteiger charge is -2.13. The monoisotopic (exact) mass is 420 g/mol. The highest BCUT2D eigenvalue weighted by Gasteiger charge is 2.14. The molecule has 0 aliphatic rings. The average Bonchev–Trinajstić information content (AvgIpc) is 2.69. The van der Waals surface area contributed by atoms with Crippen molar-refractivity contribution in [2.75, 3.05) is 5.32 Å². The van der Waals surface area contributed by atoms with E-state index < -0.39 is 5.91 Å². The van der Waals surface area contributed by atoms with E-state index in [4.69, 9.17) is 5.73 Å². The SMILES string of the molecule is NC(=O)c1ccccc1Nc1nc(-c2cnccn2)nc2ccc(Br)cc12. The second-order valence-corrected chi connectivity index (χ2v) is 6.60. The van der Waals surface area contributed by atoms with Gasteiger partial charge in [0.05, 0.1) is 23.0 Å². The van der Waals surface area contributed by atoms with E-state index in [1.165, 1.54) is 0 Å². The van der Waals surface area contributed by atoms with Crippen molar-refractivity contribution in [3.8, 4) is 11.5 Å². The lowest BCUT2D eigenvalue weighted by atomic mass is 10.1. The third kappa shape index (κ3) is 3.47. The number of nitrogens with one attached hydrogen (secondary N) is 1. The smallest absolute Gasteiger partial charge is 0.250 e. The number of carbonyl (C=O) groups excluding carboxylic acids is 1. The molecule has 3 N–H and O–H groups in total. The van der Waals surface area contributed by atoms with Crippen LogP contribution in [0.15, 0.2) is 65.5 Å². The van der Waals surface area contributed by atoms with Gasteiger partial charge in [-0.15, -0.1) is 0 Å². The molecule has 2 aromatic heterocycles. The van der Waals surface area contributed by atoms with E-state index in [0.717, 1.165) is 15.4 Å². The van der Waals surface area contributed by atoms with Crippen molar-refractivity contribution in [2.45, 2.75) is 0 Å². The lowest BCUT2D eigenvalue weighted by Crippen LogP contribution is -2.13. The summed E-state index contributed by atoms with van der Waals surface area (Å²) in [4.78, 5) is 29.3. The van der Waals surface area contributed by atoms with Crippen LogP contribution in [-0.4, -0.2) is 25.8 Å². The first kappa shape index (κ1) is 17.0. The number of aromatic nitrogens is 4. The number of fused-ring (bicyclic) bond motifs is 1. The van der Waals surface area contributed by atoms with Crippen LogP contribution >= 0.6 is 15.9 Å². The lowest BCUT2D eigenvalue weighted by molar-refractivity contribution is 0.100. The van der Waals surface area contributed by atoms with E-state index in [2.05, 4.69) is 41.2 Å². The Hall–Kier alpha value is -3.39. The molecule has 0 atom stereocenters. The maximum atomic E-state index is 11.7. The zero-order valence-corrected chi connectivity index (χ0v) is 15.5. The zero-order chi connectivity index (χ0) is 18.8. The van der Waals surface area contributed by atoms with Crippen LogP contribution in [0.25, 0.3) is 22.4 Å². The summed E-state index contributed by atoms with van der Waals surface area (Å²) in [6.45, 7) is 0. The van der Waals surface area contributed by atoms with Gasteiger partial charge in [0.1, 0.15) is 11.5 Å². The van der Waals surface area contributed by atoms with Gasteiger partial charge in [0.2, 0.25) is 0 Å². The summed E-state index contributed by atoms with van der Waals surface area (Å²) in [6.07, 6.45) is 4.77. The molecule has 0 saturated heterocycles. The van der Waals surface area contributed by atoms with Crippen molar-refractivity contribution < 1.29 is 4.79 Å². The number of carbonyl (C=O) groups is 1. The third-order valence-corrected chi connectivity index (χ3v) is 4.39. The van der Waals surface area contributed by atoms with Crippen molar-refractivity contribution in [3.63, 3.8) is 0 Å². The van der Waals surface area contributed by atoms with Crippen molar-refractivity contribution in [1.29, 1.82) is 0 Å². The molecule has 0 aliphatic heterocycles. The fraction of sp³-hybridized carbons (Fsp3) is 0. The van der Waals surface area contributed by atoms with Crippen LogP contribution in [-0.2, 0) is 0 Å². The fourth-order valence-electron chi connectivity index (χ4n) is 2.66. The van der Waals surface area contributed by atoms with Crippen molar-refractivity contribution in [3.05, 3.63) is 71.1 Å². The molecule has 0 aliphatic carbocycles. The van der Waals surface area contributed by atoms with Crippen molar-refractivity contribution in [1.82, 2.24) is 19.9 Å². The summed E-state index contributed by atoms with van der Waals surface area (Å²) in [7, 11) is 0. The molecule has 8 heteroatoms. The van der Waals surface area contributed by atoms with E-state index in [1.807, 2.05) is 24.3 Å². The van der Waals surface area contributed by atoms with Crippen LogP contribution in [0.3, 0.4) is 0 Å². The molecule has 2 aromatic carbocycles. The standard InChI is InChI=1S/C19H13BrN6O/c20-11-5-6-15-13(9-11)18(24-14-4-2-1-3-12(14)17(21)27)26-19(25-15)16-10-22-7-8-23-16/h1-10H,(H2,21,27)(H,24,25,26). The number of nitrogens with zero attached hydrogens (tertiary/aromatic N) is 4. The third-order valence-electron chi connectivity index (χ3n) is 3.90. The molecule has 132 valence electrons. The van der Waals surface area contributed by atoms with Gasteiger partial charge in [-0.3, -0.25) is 9.78 Å². The minimum Gasteiger partial charge on any atom is -0.366 e. The first-order valence-electron chi connectivity index (χ1n) is 8.01. The second-order valence-electron chi connectivity index (χ2n) is 5.68. The molecule has 4 aromatic rings. The number of hydrogen-bond acceptors (Lipinski definition) is 6. The summed E-state index contributed by atoms with van der Waals surface area (Å²) in [6, 6.07) is 12.7. The van der Waals surface area contributed by atoms with Crippen LogP contribution in [0.4, 0.5) is 11.5 Å². The van der Waals surface area contributed by atoms with E-state index >= 15 is 0 Å². The Labute approximate surface area is 162 Å². The summed E-state index contributed by atoms with van der Waals surface area (Å²) < 4.78 is 0.886. The number of benzene rings is 2. The molecule has 0 saturated carbocycles. The molecule has 0 bridgehead atoms. The van der Waals surface area contributed by atoms with Crippen LogP contribution in [0.1, 0.15) is 10.4 Å². The maximum absolute atomic E-state index is 11.7. The van der Waals surface area contributed by atoms with E-state index in [0.29, 0.717) is 28.6 Å². The van der Waals surface area contributed by atoms with Gasteiger partial charge < -0.3 is 11.1 Å². The molecule has 0 spiro atoms. The summed E-state index contributed by atoms with van der Waals surface area (Å²) >= 11 is 3.47. The molecule has 0 radical (unpaired) electrons. The number of anilines is 2. The topological polar surface area (TPSA) is 107 Å². The summed E-state index contributed by atoms with van der Waals surface area (Å²) in [5, 5.41) is 4.00. The fourth-order valence-corrected chi connectivity index (χ4v) is 3.02. The maximum Gasteiger partial charge on any atom is 0.250 e. The van der Waals surface area contributed by atoms with Gasteiger partial charge in [-0.2, -0.15) is 0 Å². The van der Waals surface area contributed by atoms with E-state index in [-0.39, 0.29) is 0 Å². The predicted molar refractivity (Wildman–Crippen MR) is 107 cm³/mol. The van der Waals surface area contributed by atoms with Gasteiger partial charge in [-0.05, 0) is 30.3 Å². The van der Waals surface area contributed by atoms with Crippen molar-refractivity contribution >= 4 is 44.2 Å².